The molecule has 0 aromatic heterocycles. The van der Waals surface area contributed by atoms with Crippen molar-refractivity contribution in [3.63, 3.8) is 0 Å². The zero-order chi connectivity index (χ0) is 20.4. The lowest BCUT2D eigenvalue weighted by Gasteiger charge is -2.38. The number of esters is 1. The van der Waals surface area contributed by atoms with Gasteiger partial charge in [0.25, 0.3) is 0 Å². The number of carbonyl (C=O) groups is 1. The fourth-order valence-electron chi connectivity index (χ4n) is 3.54. The third-order valence-corrected chi connectivity index (χ3v) is 5.67. The molecule has 29 heavy (non-hydrogen) atoms. The Morgan fingerprint density at radius 3 is 2.55 bits per heavy atom. The molecular formula is C23H18BrClN2O2. The number of nitrogens with zero attached hydrogens (tertiary/aromatic N) is 2. The van der Waals surface area contributed by atoms with E-state index >= 15 is 0 Å². The van der Waals surface area contributed by atoms with Crippen LogP contribution in [0.5, 0.6) is 0 Å². The summed E-state index contributed by atoms with van der Waals surface area (Å²) in [5, 5.41) is 0.577. The van der Waals surface area contributed by atoms with Crippen LogP contribution in [0.15, 0.2) is 82.3 Å². The molecule has 1 atom stereocenters. The summed E-state index contributed by atoms with van der Waals surface area (Å²) in [5.41, 5.74) is 3.67. The van der Waals surface area contributed by atoms with Gasteiger partial charge in [-0.05, 0) is 35.9 Å². The average Bonchev–Trinajstić information content (AvgIpc) is 2.74. The second kappa shape index (κ2) is 8.39. The van der Waals surface area contributed by atoms with Gasteiger partial charge in [0, 0.05) is 15.6 Å². The predicted octanol–water partition coefficient (Wildman–Crippen LogP) is 5.76. The van der Waals surface area contributed by atoms with Crippen LogP contribution in [0.4, 0.5) is 5.69 Å². The molecular weight excluding hydrogens is 452 g/mol. The van der Waals surface area contributed by atoms with Gasteiger partial charge in [-0.15, -0.1) is 0 Å². The highest BCUT2D eigenvalue weighted by atomic mass is 79.9. The number of hydrogen-bond acceptors (Lipinski definition) is 4. The average molecular weight is 470 g/mol. The monoisotopic (exact) mass is 468 g/mol. The third-order valence-electron chi connectivity index (χ3n) is 4.85. The Morgan fingerprint density at radius 2 is 1.83 bits per heavy atom. The zero-order valence-corrected chi connectivity index (χ0v) is 18.0. The molecule has 0 aliphatic carbocycles. The fourth-order valence-corrected chi connectivity index (χ4v) is 4.14. The van der Waals surface area contributed by atoms with Crippen LogP contribution in [0.25, 0.3) is 0 Å². The molecule has 146 valence electrons. The maximum Gasteiger partial charge on any atom is 0.325 e. The highest BCUT2D eigenvalue weighted by Crippen LogP contribution is 2.42. The lowest BCUT2D eigenvalue weighted by atomic mass is 9.93. The van der Waals surface area contributed by atoms with E-state index in [1.54, 1.807) is 0 Å². The zero-order valence-electron chi connectivity index (χ0n) is 15.7. The summed E-state index contributed by atoms with van der Waals surface area (Å²) in [6.07, 6.45) is 0. The van der Waals surface area contributed by atoms with E-state index in [0.717, 1.165) is 26.9 Å². The number of carbonyl (C=O) groups excluding carboxylic acids is 1. The molecule has 0 unspecified atom stereocenters. The molecule has 0 saturated heterocycles. The maximum absolute atomic E-state index is 12.3. The molecule has 0 radical (unpaired) electrons. The van der Waals surface area contributed by atoms with Crippen molar-refractivity contribution in [2.24, 2.45) is 4.99 Å². The van der Waals surface area contributed by atoms with Crippen molar-refractivity contribution >= 4 is 45.0 Å². The Kier molecular flexibility index (Phi) is 5.69. The fraction of sp³-hybridized carbons (Fsp3) is 0.130. The largest absolute Gasteiger partial charge is 0.468 e. The van der Waals surface area contributed by atoms with E-state index in [1.165, 1.54) is 7.11 Å². The maximum atomic E-state index is 12.3. The van der Waals surface area contributed by atoms with Gasteiger partial charge in [0.15, 0.2) is 0 Å². The smallest absolute Gasteiger partial charge is 0.325 e. The van der Waals surface area contributed by atoms with Crippen LogP contribution >= 0.6 is 27.5 Å². The van der Waals surface area contributed by atoms with Gasteiger partial charge < -0.3 is 9.64 Å². The molecule has 0 spiro atoms. The van der Waals surface area contributed by atoms with Crippen molar-refractivity contribution in [2.45, 2.75) is 6.04 Å². The molecule has 0 N–H and O–H groups in total. The van der Waals surface area contributed by atoms with Crippen molar-refractivity contribution < 1.29 is 9.53 Å². The SMILES string of the molecule is COC(=O)CN1C(c2ccccc2Cl)=Nc2ccc(Br)cc2[C@H]1c1ccccc1. The Morgan fingerprint density at radius 1 is 1.10 bits per heavy atom. The summed E-state index contributed by atoms with van der Waals surface area (Å²) in [5.74, 6) is 0.300. The number of methoxy groups -OCH3 is 1. The van der Waals surface area contributed by atoms with Crippen LogP contribution in [0, 0.1) is 0 Å². The summed E-state index contributed by atoms with van der Waals surface area (Å²) < 4.78 is 5.94. The minimum Gasteiger partial charge on any atom is -0.468 e. The molecule has 3 aromatic rings. The normalized spacial score (nSPS) is 15.5. The van der Waals surface area contributed by atoms with Gasteiger partial charge in [0.1, 0.15) is 12.4 Å². The second-order valence-electron chi connectivity index (χ2n) is 6.64. The molecule has 4 nitrogen and oxygen atoms in total. The number of halogens is 2. The van der Waals surface area contributed by atoms with Crippen molar-refractivity contribution in [3.8, 4) is 0 Å². The molecule has 1 aliphatic heterocycles. The first kappa shape index (κ1) is 19.7. The topological polar surface area (TPSA) is 41.9 Å². The molecule has 0 bridgehead atoms. The quantitative estimate of drug-likeness (QED) is 0.456. The third kappa shape index (κ3) is 3.93. The minimum absolute atomic E-state index is 0.0477. The van der Waals surface area contributed by atoms with Crippen LogP contribution in [-0.2, 0) is 9.53 Å². The predicted molar refractivity (Wildman–Crippen MR) is 119 cm³/mol. The number of fused-ring (bicyclic) bond motifs is 1. The molecule has 6 heteroatoms. The van der Waals surface area contributed by atoms with Crippen LogP contribution in [0.3, 0.4) is 0 Å². The summed E-state index contributed by atoms with van der Waals surface area (Å²) in [6.45, 7) is 0.0477. The van der Waals surface area contributed by atoms with Gasteiger partial charge in [0.05, 0.1) is 23.9 Å². The number of ether oxygens (including phenoxy) is 1. The van der Waals surface area contributed by atoms with Gasteiger partial charge in [-0.1, -0.05) is 70.0 Å². The standard InChI is InChI=1S/C23H18BrClN2O2/c1-29-21(28)14-27-22(15-7-3-2-4-8-15)18-13-16(24)11-12-20(18)26-23(27)17-9-5-6-10-19(17)25/h2-13,22H,14H2,1H3/t22-/m1/s1. The number of hydrogen-bond donors (Lipinski definition) is 0. The van der Waals surface area contributed by atoms with Crippen LogP contribution in [0.1, 0.15) is 22.7 Å². The highest BCUT2D eigenvalue weighted by molar-refractivity contribution is 9.10. The summed E-state index contributed by atoms with van der Waals surface area (Å²) in [7, 11) is 1.39. The number of aliphatic imine (C=N–C) groups is 1. The van der Waals surface area contributed by atoms with Crippen LogP contribution in [-0.4, -0.2) is 30.4 Å². The Bertz CT molecular complexity index is 1090. The number of rotatable bonds is 4. The van der Waals surface area contributed by atoms with Gasteiger partial charge in [-0.3, -0.25) is 4.79 Å². The number of benzene rings is 3. The second-order valence-corrected chi connectivity index (χ2v) is 7.96. The van der Waals surface area contributed by atoms with Gasteiger partial charge in [-0.2, -0.15) is 0 Å². The Hall–Kier alpha value is -2.63. The van der Waals surface area contributed by atoms with Gasteiger partial charge in [0.2, 0.25) is 0 Å². The van der Waals surface area contributed by atoms with Crippen molar-refractivity contribution in [1.29, 1.82) is 0 Å². The van der Waals surface area contributed by atoms with Gasteiger partial charge in [-0.25, -0.2) is 4.99 Å². The molecule has 0 amide bonds. The van der Waals surface area contributed by atoms with Crippen LogP contribution < -0.4 is 0 Å². The van der Waals surface area contributed by atoms with Crippen molar-refractivity contribution in [3.05, 3.63) is 99.0 Å². The molecule has 1 heterocycles. The first-order valence-electron chi connectivity index (χ1n) is 9.10. The molecule has 0 fully saturated rings. The highest BCUT2D eigenvalue weighted by Gasteiger charge is 2.34. The van der Waals surface area contributed by atoms with E-state index in [1.807, 2.05) is 65.6 Å². The van der Waals surface area contributed by atoms with Gasteiger partial charge >= 0.3 is 5.97 Å². The molecule has 4 rings (SSSR count). The van der Waals surface area contributed by atoms with E-state index < -0.39 is 0 Å². The first-order valence-corrected chi connectivity index (χ1v) is 10.3. The van der Waals surface area contributed by atoms with Crippen molar-refractivity contribution in [2.75, 3.05) is 13.7 Å². The Labute approximate surface area is 182 Å². The molecule has 1 aliphatic rings. The number of amidine groups is 1. The lowest BCUT2D eigenvalue weighted by Crippen LogP contribution is -2.42. The molecule has 3 aromatic carbocycles. The summed E-state index contributed by atoms with van der Waals surface area (Å²) in [6, 6.07) is 23.3. The first-order chi connectivity index (χ1) is 14.1. The van der Waals surface area contributed by atoms with Crippen molar-refractivity contribution in [1.82, 2.24) is 4.90 Å². The van der Waals surface area contributed by atoms with E-state index in [0.29, 0.717) is 10.9 Å². The minimum atomic E-state index is -0.343. The van der Waals surface area contributed by atoms with E-state index in [4.69, 9.17) is 21.3 Å². The lowest BCUT2D eigenvalue weighted by molar-refractivity contribution is -0.141. The summed E-state index contributed by atoms with van der Waals surface area (Å²) >= 11 is 10.1. The van der Waals surface area contributed by atoms with E-state index in [-0.39, 0.29) is 18.6 Å². The Balaban J connectivity index is 1.97. The summed E-state index contributed by atoms with van der Waals surface area (Å²) in [4.78, 5) is 19.2. The molecule has 0 saturated carbocycles. The van der Waals surface area contributed by atoms with E-state index in [2.05, 4.69) is 28.1 Å². The van der Waals surface area contributed by atoms with E-state index in [9.17, 15) is 4.79 Å². The van der Waals surface area contributed by atoms with Crippen LogP contribution in [0.2, 0.25) is 5.02 Å².